The van der Waals surface area contributed by atoms with E-state index in [9.17, 15) is 9.90 Å². The Bertz CT molecular complexity index is 894. The molecule has 0 aromatic heterocycles. The molecule has 3 nitrogen and oxygen atoms in total. The molecular formula is C34H50O3. The van der Waals surface area contributed by atoms with Gasteiger partial charge in [0.1, 0.15) is 0 Å². The lowest BCUT2D eigenvalue weighted by Crippen LogP contribution is -2.24. The van der Waals surface area contributed by atoms with Crippen LogP contribution in [0.5, 0.6) is 0 Å². The van der Waals surface area contributed by atoms with E-state index in [0.29, 0.717) is 5.57 Å². The normalized spacial score (nSPS) is 21.7. The van der Waals surface area contributed by atoms with Gasteiger partial charge in [-0.1, -0.05) is 80.8 Å². The lowest BCUT2D eigenvalue weighted by Gasteiger charge is -2.35. The Morgan fingerprint density at radius 3 is 2.46 bits per heavy atom. The summed E-state index contributed by atoms with van der Waals surface area (Å²) in [6.45, 7) is 7.84. The van der Waals surface area contributed by atoms with Crippen LogP contribution in [0.15, 0.2) is 60.2 Å². The lowest BCUT2D eigenvalue weighted by atomic mass is 9.70. The van der Waals surface area contributed by atoms with Crippen LogP contribution < -0.4 is 0 Å². The van der Waals surface area contributed by atoms with Crippen LogP contribution in [0.1, 0.15) is 95.6 Å². The van der Waals surface area contributed by atoms with Crippen LogP contribution in [0.2, 0.25) is 0 Å². The van der Waals surface area contributed by atoms with Crippen molar-refractivity contribution in [2.45, 2.75) is 97.3 Å². The summed E-state index contributed by atoms with van der Waals surface area (Å²) >= 11 is 0. The maximum atomic E-state index is 11.5. The van der Waals surface area contributed by atoms with Gasteiger partial charge in [-0.15, -0.1) is 0 Å². The second kappa shape index (κ2) is 16.0. The molecule has 0 aliphatic heterocycles. The number of allylic oxidation sites excluding steroid dienone is 4. The largest absolute Gasteiger partial charge is 0.462 e. The van der Waals surface area contributed by atoms with Gasteiger partial charge in [-0.05, 0) is 100 Å². The van der Waals surface area contributed by atoms with Gasteiger partial charge in [0.05, 0.1) is 6.61 Å². The highest BCUT2D eigenvalue weighted by atomic mass is 16.5. The van der Waals surface area contributed by atoms with Crippen LogP contribution in [-0.2, 0) is 22.4 Å². The molecular weight excluding hydrogens is 456 g/mol. The van der Waals surface area contributed by atoms with Crippen molar-refractivity contribution >= 4 is 5.97 Å². The minimum Gasteiger partial charge on any atom is -0.462 e. The minimum atomic E-state index is -0.374. The monoisotopic (exact) mass is 506 g/mol. The van der Waals surface area contributed by atoms with Crippen LogP contribution in [-0.4, -0.2) is 24.3 Å². The summed E-state index contributed by atoms with van der Waals surface area (Å²) < 4.78 is 5.19. The molecule has 4 atom stereocenters. The molecule has 3 rings (SSSR count). The van der Waals surface area contributed by atoms with E-state index < -0.39 is 0 Å². The molecule has 1 aromatic carbocycles. The molecule has 4 unspecified atom stereocenters. The molecule has 2 aliphatic carbocycles. The fourth-order valence-electron chi connectivity index (χ4n) is 5.88. The van der Waals surface area contributed by atoms with Gasteiger partial charge >= 0.3 is 5.97 Å². The van der Waals surface area contributed by atoms with E-state index in [1.54, 1.807) is 12.5 Å². The smallest absolute Gasteiger partial charge is 0.333 e. The van der Waals surface area contributed by atoms with Gasteiger partial charge in [-0.25, -0.2) is 4.79 Å². The lowest BCUT2D eigenvalue weighted by molar-refractivity contribution is -0.140. The topological polar surface area (TPSA) is 46.5 Å². The number of aryl methyl sites for hydroxylation is 2. The molecule has 0 radical (unpaired) electrons. The molecule has 1 fully saturated rings. The number of aliphatic hydroxyl groups is 1. The highest BCUT2D eigenvalue weighted by molar-refractivity contribution is 5.86. The first-order valence-corrected chi connectivity index (χ1v) is 14.9. The Morgan fingerprint density at radius 2 is 1.76 bits per heavy atom. The standard InChI is InChI=1S/C34H50O3/c1-4-5-6-10-29-18-20-33-23-30(19-21-32(33)22-29)17-16-28-14-12-27(13-15-28)9-7-8-11-31(24-35)25-37-34(36)26(2)3/h12-15,18,20,22,30-33,35H,2,4-11,16-17,19,21,23-25H2,1,3H3. The molecule has 204 valence electrons. The number of ether oxygens (including phenoxy) is 1. The summed E-state index contributed by atoms with van der Waals surface area (Å²) in [5.74, 6) is 2.04. The zero-order valence-corrected chi connectivity index (χ0v) is 23.4. The van der Waals surface area contributed by atoms with E-state index in [0.717, 1.165) is 43.4 Å². The third-order valence-corrected chi connectivity index (χ3v) is 8.37. The molecule has 0 spiro atoms. The summed E-state index contributed by atoms with van der Waals surface area (Å²) in [4.78, 5) is 11.5. The Balaban J connectivity index is 1.31. The van der Waals surface area contributed by atoms with Gasteiger partial charge in [-0.2, -0.15) is 0 Å². The quantitative estimate of drug-likeness (QED) is 0.140. The molecule has 1 saturated carbocycles. The number of esters is 1. The highest BCUT2D eigenvalue weighted by Gasteiger charge is 2.29. The van der Waals surface area contributed by atoms with Gasteiger partial charge in [-0.3, -0.25) is 0 Å². The molecule has 0 saturated heterocycles. The van der Waals surface area contributed by atoms with E-state index in [4.69, 9.17) is 4.74 Å². The predicted molar refractivity (Wildman–Crippen MR) is 154 cm³/mol. The Labute approximate surface area is 226 Å². The third-order valence-electron chi connectivity index (χ3n) is 8.37. The number of carbonyl (C=O) groups is 1. The van der Waals surface area contributed by atoms with Crippen molar-refractivity contribution in [1.29, 1.82) is 0 Å². The molecule has 37 heavy (non-hydrogen) atoms. The molecule has 0 bridgehead atoms. The van der Waals surface area contributed by atoms with E-state index >= 15 is 0 Å². The predicted octanol–water partition coefficient (Wildman–Crippen LogP) is 8.17. The summed E-state index contributed by atoms with van der Waals surface area (Å²) in [7, 11) is 0. The first-order valence-electron chi connectivity index (χ1n) is 14.9. The van der Waals surface area contributed by atoms with E-state index in [-0.39, 0.29) is 25.1 Å². The van der Waals surface area contributed by atoms with E-state index in [1.165, 1.54) is 68.9 Å². The maximum Gasteiger partial charge on any atom is 0.333 e. The second-order valence-electron chi connectivity index (χ2n) is 11.6. The van der Waals surface area contributed by atoms with Gasteiger partial charge in [0.25, 0.3) is 0 Å². The SMILES string of the molecule is C=C(C)C(=O)OCC(CO)CCCCc1ccc(CCC2CCC3C=C(CCCCC)C=CC3C2)cc1. The van der Waals surface area contributed by atoms with Gasteiger partial charge in [0.15, 0.2) is 0 Å². The van der Waals surface area contributed by atoms with Crippen molar-refractivity contribution in [1.82, 2.24) is 0 Å². The summed E-state index contributed by atoms with van der Waals surface area (Å²) in [6, 6.07) is 9.22. The maximum absolute atomic E-state index is 11.5. The molecule has 1 N–H and O–H groups in total. The number of unbranched alkanes of at least 4 members (excludes halogenated alkanes) is 3. The Morgan fingerprint density at radius 1 is 1.03 bits per heavy atom. The first kappa shape index (κ1) is 29.4. The van der Waals surface area contributed by atoms with Crippen molar-refractivity contribution in [2.75, 3.05) is 13.2 Å². The third kappa shape index (κ3) is 10.3. The summed E-state index contributed by atoms with van der Waals surface area (Å²) in [5, 5.41) is 9.55. The summed E-state index contributed by atoms with van der Waals surface area (Å²) in [6.07, 6.45) is 23.4. The van der Waals surface area contributed by atoms with Crippen LogP contribution in [0.3, 0.4) is 0 Å². The van der Waals surface area contributed by atoms with Crippen molar-refractivity contribution in [3.63, 3.8) is 0 Å². The number of rotatable bonds is 16. The molecule has 0 heterocycles. The van der Waals surface area contributed by atoms with Crippen molar-refractivity contribution < 1.29 is 14.6 Å². The number of carbonyl (C=O) groups excluding carboxylic acids is 1. The fraction of sp³-hybridized carbons (Fsp3) is 0.618. The summed E-state index contributed by atoms with van der Waals surface area (Å²) in [5.41, 5.74) is 4.83. The molecule has 0 amide bonds. The Kier molecular flexibility index (Phi) is 12.7. The van der Waals surface area contributed by atoms with Crippen molar-refractivity contribution in [3.8, 4) is 0 Å². The van der Waals surface area contributed by atoms with Crippen LogP contribution in [0.4, 0.5) is 0 Å². The Hall–Kier alpha value is -2.13. The molecule has 1 aromatic rings. The number of hydrogen-bond donors (Lipinski definition) is 1. The van der Waals surface area contributed by atoms with Gasteiger partial charge < -0.3 is 9.84 Å². The van der Waals surface area contributed by atoms with Gasteiger partial charge in [0.2, 0.25) is 0 Å². The van der Waals surface area contributed by atoms with E-state index in [1.807, 2.05) is 0 Å². The van der Waals surface area contributed by atoms with E-state index in [2.05, 4.69) is 56.0 Å². The van der Waals surface area contributed by atoms with Crippen LogP contribution in [0, 0.1) is 23.7 Å². The van der Waals surface area contributed by atoms with Crippen LogP contribution >= 0.6 is 0 Å². The van der Waals surface area contributed by atoms with Crippen molar-refractivity contribution in [3.05, 3.63) is 71.3 Å². The highest BCUT2D eigenvalue weighted by Crippen LogP contribution is 2.40. The number of benzene rings is 1. The van der Waals surface area contributed by atoms with Crippen molar-refractivity contribution in [2.24, 2.45) is 23.7 Å². The second-order valence-corrected chi connectivity index (χ2v) is 11.6. The number of hydrogen-bond acceptors (Lipinski definition) is 3. The molecule has 2 aliphatic rings. The average molecular weight is 507 g/mol. The average Bonchev–Trinajstić information content (AvgIpc) is 2.92. The zero-order chi connectivity index (χ0) is 26.5. The zero-order valence-electron chi connectivity index (χ0n) is 23.4. The minimum absolute atomic E-state index is 0.00807. The number of aliphatic hydroxyl groups excluding tert-OH is 1. The van der Waals surface area contributed by atoms with Crippen LogP contribution in [0.25, 0.3) is 0 Å². The fourth-order valence-corrected chi connectivity index (χ4v) is 5.88. The van der Waals surface area contributed by atoms with Gasteiger partial charge in [0, 0.05) is 18.1 Å². The molecule has 3 heteroatoms. The number of fused-ring (bicyclic) bond motifs is 1. The first-order chi connectivity index (χ1) is 18.0.